The maximum absolute atomic E-state index is 12.4. The number of hydrogen-bond donors (Lipinski definition) is 1. The molecule has 0 saturated heterocycles. The Hall–Kier alpha value is -2.36. The lowest BCUT2D eigenvalue weighted by atomic mass is 10.1. The average molecular weight is 463 g/mol. The standard InChI is InChI=1S/C19H19BrN4O3S/c1-12-9-13(3-4-15(12)20)10-14-11-21-19(28-14)22-18(26)16-5-6-17(25)24(23-16)7-8-27-2/h3-6,9,11H,7-8,10H2,1-2H3,(H,21,22,26). The van der Waals surface area contributed by atoms with Crippen LogP contribution in [0.15, 0.2) is 45.8 Å². The van der Waals surface area contributed by atoms with Gasteiger partial charge in [0.1, 0.15) is 5.69 Å². The molecule has 1 amide bonds. The van der Waals surface area contributed by atoms with Crippen LogP contribution >= 0.6 is 27.3 Å². The number of hydrogen-bond acceptors (Lipinski definition) is 6. The van der Waals surface area contributed by atoms with Crippen LogP contribution in [0.25, 0.3) is 0 Å². The van der Waals surface area contributed by atoms with E-state index in [9.17, 15) is 9.59 Å². The first-order valence-electron chi connectivity index (χ1n) is 8.54. The van der Waals surface area contributed by atoms with Crippen LogP contribution in [0.3, 0.4) is 0 Å². The van der Waals surface area contributed by atoms with Crippen molar-refractivity contribution in [3.05, 3.63) is 73.1 Å². The molecule has 0 spiro atoms. The first-order chi connectivity index (χ1) is 13.5. The number of methoxy groups -OCH3 is 1. The monoisotopic (exact) mass is 462 g/mol. The summed E-state index contributed by atoms with van der Waals surface area (Å²) in [5.74, 6) is -0.411. The van der Waals surface area contributed by atoms with E-state index in [2.05, 4.69) is 43.5 Å². The van der Waals surface area contributed by atoms with E-state index in [1.165, 1.54) is 46.4 Å². The number of ether oxygens (including phenoxy) is 1. The zero-order valence-electron chi connectivity index (χ0n) is 15.4. The highest BCUT2D eigenvalue weighted by molar-refractivity contribution is 9.10. The summed E-state index contributed by atoms with van der Waals surface area (Å²) in [5, 5.41) is 7.31. The molecule has 3 rings (SSSR count). The number of benzene rings is 1. The highest BCUT2D eigenvalue weighted by atomic mass is 79.9. The Labute approximate surface area is 174 Å². The van der Waals surface area contributed by atoms with E-state index < -0.39 is 5.91 Å². The molecule has 0 aliphatic heterocycles. The van der Waals surface area contributed by atoms with Gasteiger partial charge in [-0.25, -0.2) is 9.67 Å². The number of carbonyl (C=O) groups is 1. The van der Waals surface area contributed by atoms with E-state index in [1.807, 2.05) is 13.0 Å². The van der Waals surface area contributed by atoms with Gasteiger partial charge in [0.15, 0.2) is 5.13 Å². The van der Waals surface area contributed by atoms with E-state index in [-0.39, 0.29) is 17.8 Å². The fraction of sp³-hybridized carbons (Fsp3) is 0.263. The second kappa shape index (κ2) is 9.22. The van der Waals surface area contributed by atoms with Crippen molar-refractivity contribution in [1.82, 2.24) is 14.8 Å². The van der Waals surface area contributed by atoms with Crippen molar-refractivity contribution >= 4 is 38.3 Å². The van der Waals surface area contributed by atoms with Gasteiger partial charge in [0.2, 0.25) is 0 Å². The van der Waals surface area contributed by atoms with Crippen molar-refractivity contribution in [1.29, 1.82) is 0 Å². The van der Waals surface area contributed by atoms with Crippen LogP contribution in [0.4, 0.5) is 5.13 Å². The fourth-order valence-corrected chi connectivity index (χ4v) is 3.62. The van der Waals surface area contributed by atoms with Gasteiger partial charge in [0.25, 0.3) is 11.5 Å². The van der Waals surface area contributed by atoms with Crippen LogP contribution in [-0.4, -0.2) is 34.4 Å². The number of aryl methyl sites for hydroxylation is 1. The van der Waals surface area contributed by atoms with Crippen LogP contribution in [-0.2, 0) is 17.7 Å². The van der Waals surface area contributed by atoms with Gasteiger partial charge in [0.05, 0.1) is 13.2 Å². The van der Waals surface area contributed by atoms with Gasteiger partial charge in [-0.3, -0.25) is 14.9 Å². The summed E-state index contributed by atoms with van der Waals surface area (Å²) in [7, 11) is 1.54. The highest BCUT2D eigenvalue weighted by Gasteiger charge is 2.13. The molecule has 28 heavy (non-hydrogen) atoms. The van der Waals surface area contributed by atoms with Gasteiger partial charge in [-0.2, -0.15) is 5.10 Å². The van der Waals surface area contributed by atoms with Crippen LogP contribution in [0, 0.1) is 6.92 Å². The lowest BCUT2D eigenvalue weighted by Crippen LogP contribution is -2.27. The Balaban J connectivity index is 1.68. The number of rotatable bonds is 7. The predicted octanol–water partition coefficient (Wildman–Crippen LogP) is 3.26. The number of amides is 1. The maximum Gasteiger partial charge on any atom is 0.277 e. The highest BCUT2D eigenvalue weighted by Crippen LogP contribution is 2.24. The molecule has 0 radical (unpaired) electrons. The summed E-state index contributed by atoms with van der Waals surface area (Å²) in [4.78, 5) is 29.5. The van der Waals surface area contributed by atoms with Crippen LogP contribution in [0.2, 0.25) is 0 Å². The summed E-state index contributed by atoms with van der Waals surface area (Å²) in [5.41, 5.74) is 2.21. The molecule has 146 valence electrons. The molecule has 0 unspecified atom stereocenters. The molecule has 2 heterocycles. The van der Waals surface area contributed by atoms with Gasteiger partial charge < -0.3 is 4.74 Å². The molecule has 7 nitrogen and oxygen atoms in total. The molecule has 0 fully saturated rings. The lowest BCUT2D eigenvalue weighted by Gasteiger charge is -2.06. The van der Waals surface area contributed by atoms with Crippen molar-refractivity contribution in [3.63, 3.8) is 0 Å². The van der Waals surface area contributed by atoms with Gasteiger partial charge in [-0.15, -0.1) is 11.3 Å². The van der Waals surface area contributed by atoms with E-state index in [4.69, 9.17) is 4.74 Å². The summed E-state index contributed by atoms with van der Waals surface area (Å²) < 4.78 is 7.24. The van der Waals surface area contributed by atoms with Crippen molar-refractivity contribution < 1.29 is 9.53 Å². The smallest absolute Gasteiger partial charge is 0.277 e. The molecule has 2 aromatic heterocycles. The predicted molar refractivity (Wildman–Crippen MR) is 112 cm³/mol. The number of nitrogens with one attached hydrogen (secondary N) is 1. The normalized spacial score (nSPS) is 10.8. The van der Waals surface area contributed by atoms with Crippen molar-refractivity contribution in [2.45, 2.75) is 19.9 Å². The lowest BCUT2D eigenvalue weighted by molar-refractivity contribution is 0.101. The first-order valence-corrected chi connectivity index (χ1v) is 10.2. The molecule has 1 aromatic carbocycles. The number of anilines is 1. The zero-order chi connectivity index (χ0) is 20.1. The van der Waals surface area contributed by atoms with E-state index in [1.54, 1.807) is 6.20 Å². The first kappa shape index (κ1) is 20.4. The second-order valence-electron chi connectivity index (χ2n) is 6.12. The number of aromatic nitrogens is 3. The summed E-state index contributed by atoms with van der Waals surface area (Å²) in [6.45, 7) is 2.67. The van der Waals surface area contributed by atoms with Crippen molar-refractivity contribution in [3.8, 4) is 0 Å². The Morgan fingerprint density at radius 3 is 2.89 bits per heavy atom. The third-order valence-corrected chi connectivity index (χ3v) is 5.78. The third-order valence-electron chi connectivity index (χ3n) is 3.98. The summed E-state index contributed by atoms with van der Waals surface area (Å²) in [6, 6.07) is 8.93. The van der Waals surface area contributed by atoms with Crippen LogP contribution < -0.4 is 10.9 Å². The van der Waals surface area contributed by atoms with Crippen molar-refractivity contribution in [2.24, 2.45) is 0 Å². The number of halogens is 1. The van der Waals surface area contributed by atoms with Gasteiger partial charge in [-0.05, 0) is 30.2 Å². The minimum absolute atomic E-state index is 0.149. The minimum Gasteiger partial charge on any atom is -0.383 e. The Kier molecular flexibility index (Phi) is 6.71. The van der Waals surface area contributed by atoms with Gasteiger partial charge >= 0.3 is 0 Å². The van der Waals surface area contributed by atoms with Gasteiger partial charge in [0, 0.05) is 35.1 Å². The summed E-state index contributed by atoms with van der Waals surface area (Å²) >= 11 is 4.91. The Morgan fingerprint density at radius 2 is 2.14 bits per heavy atom. The fourth-order valence-electron chi connectivity index (χ4n) is 2.53. The molecule has 0 saturated carbocycles. The maximum atomic E-state index is 12.4. The van der Waals surface area contributed by atoms with Crippen LogP contribution in [0.5, 0.6) is 0 Å². The third kappa shape index (κ3) is 5.12. The van der Waals surface area contributed by atoms with E-state index >= 15 is 0 Å². The SMILES string of the molecule is COCCn1nc(C(=O)Nc2ncc(Cc3ccc(Br)c(C)c3)s2)ccc1=O. The molecular formula is C19H19BrN4O3S. The Morgan fingerprint density at radius 1 is 1.32 bits per heavy atom. The van der Waals surface area contributed by atoms with E-state index in [0.29, 0.717) is 11.7 Å². The largest absolute Gasteiger partial charge is 0.383 e. The molecule has 3 aromatic rings. The molecule has 0 atom stereocenters. The van der Waals surface area contributed by atoms with E-state index in [0.717, 1.165) is 15.8 Å². The van der Waals surface area contributed by atoms with Crippen LogP contribution in [0.1, 0.15) is 26.5 Å². The van der Waals surface area contributed by atoms with Gasteiger partial charge in [-0.1, -0.05) is 28.1 Å². The molecule has 1 N–H and O–H groups in total. The molecular weight excluding hydrogens is 444 g/mol. The van der Waals surface area contributed by atoms with Crippen molar-refractivity contribution in [2.75, 3.05) is 19.0 Å². The molecule has 9 heteroatoms. The minimum atomic E-state index is -0.411. The topological polar surface area (TPSA) is 86.1 Å². The number of nitrogens with zero attached hydrogens (tertiary/aromatic N) is 3. The zero-order valence-corrected chi connectivity index (χ0v) is 17.8. The quantitative estimate of drug-likeness (QED) is 0.582. The number of carbonyl (C=O) groups excluding carboxylic acids is 1. The molecule has 0 aliphatic rings. The average Bonchev–Trinajstić information content (AvgIpc) is 3.10. The number of thiazole rings is 1. The Bertz CT molecular complexity index is 1050. The summed E-state index contributed by atoms with van der Waals surface area (Å²) in [6.07, 6.45) is 2.49. The molecule has 0 bridgehead atoms. The second-order valence-corrected chi connectivity index (χ2v) is 8.09. The molecule has 0 aliphatic carbocycles.